The molecule has 1 saturated carbocycles. The molecule has 0 bridgehead atoms. The van der Waals surface area contributed by atoms with Gasteiger partial charge in [0.2, 0.25) is 5.91 Å². The average Bonchev–Trinajstić information content (AvgIpc) is 3.74. The lowest BCUT2D eigenvalue weighted by Gasteiger charge is -2.36. The number of hydrogen-bond acceptors (Lipinski definition) is 5. The van der Waals surface area contributed by atoms with Gasteiger partial charge in [-0.25, -0.2) is 0 Å². The number of nitrogens with zero attached hydrogens (tertiary/aromatic N) is 2. The van der Waals surface area contributed by atoms with E-state index in [0.29, 0.717) is 19.7 Å². The highest BCUT2D eigenvalue weighted by Gasteiger charge is 2.40. The van der Waals surface area contributed by atoms with Crippen LogP contribution in [0.15, 0.2) is 59.5 Å². The van der Waals surface area contributed by atoms with Crippen molar-refractivity contribution < 1.29 is 9.53 Å². The second kappa shape index (κ2) is 10.8. The fraction of sp³-hybridized carbons (Fsp3) is 0.448. The minimum absolute atomic E-state index is 0.0273. The molecule has 0 radical (unpaired) electrons. The van der Waals surface area contributed by atoms with Crippen LogP contribution in [0.3, 0.4) is 0 Å². The van der Waals surface area contributed by atoms with Gasteiger partial charge in [0.1, 0.15) is 0 Å². The zero-order chi connectivity index (χ0) is 25.1. The summed E-state index contributed by atoms with van der Waals surface area (Å²) in [6.45, 7) is 3.44. The molecule has 1 amide bonds. The molecule has 1 aromatic heterocycles. The van der Waals surface area contributed by atoms with Crippen LogP contribution in [0.4, 0.5) is 5.69 Å². The first kappa shape index (κ1) is 24.5. The van der Waals surface area contributed by atoms with Crippen molar-refractivity contribution in [3.63, 3.8) is 0 Å². The summed E-state index contributed by atoms with van der Waals surface area (Å²) in [7, 11) is 3.46. The van der Waals surface area contributed by atoms with Gasteiger partial charge in [-0.15, -0.1) is 0 Å². The number of benzene rings is 2. The third kappa shape index (κ3) is 5.32. The standard InChI is InChI=1S/C29H36N4O3/c1-32-13-10-21(17-28(32)34)26-9-11-30-18-27(26)29(35)33(24-7-8-24)19-22-16-23(31-12-14-36-2)15-20-5-3-4-6-25(20)22/h3-6,10,13,15-17,24,26-27,30-31H,7-9,11-12,14,18-19H2,1-2H3/t26-,27?/m1/s1. The highest BCUT2D eigenvalue weighted by Crippen LogP contribution is 2.37. The van der Waals surface area contributed by atoms with E-state index in [9.17, 15) is 9.59 Å². The first-order chi connectivity index (χ1) is 17.5. The number of fused-ring (bicyclic) bond motifs is 1. The van der Waals surface area contributed by atoms with Gasteiger partial charge in [0.05, 0.1) is 12.5 Å². The molecular weight excluding hydrogens is 452 g/mol. The number of carbonyl (C=O) groups is 1. The fourth-order valence-corrected chi connectivity index (χ4v) is 5.40. The van der Waals surface area contributed by atoms with Crippen molar-refractivity contribution >= 4 is 22.4 Å². The number of amides is 1. The van der Waals surface area contributed by atoms with Crippen LogP contribution >= 0.6 is 0 Å². The number of nitrogens with one attached hydrogen (secondary N) is 2. The molecule has 7 heteroatoms. The first-order valence-electron chi connectivity index (χ1n) is 13.0. The highest BCUT2D eigenvalue weighted by molar-refractivity contribution is 5.90. The van der Waals surface area contributed by atoms with Gasteiger partial charge < -0.3 is 24.8 Å². The Balaban J connectivity index is 1.44. The van der Waals surface area contributed by atoms with Crippen LogP contribution in [-0.2, 0) is 23.1 Å². The van der Waals surface area contributed by atoms with E-state index >= 15 is 0 Å². The normalized spacial score (nSPS) is 19.8. The van der Waals surface area contributed by atoms with Crippen molar-refractivity contribution in [3.05, 3.63) is 76.2 Å². The summed E-state index contributed by atoms with van der Waals surface area (Å²) < 4.78 is 6.78. The largest absolute Gasteiger partial charge is 0.383 e. The van der Waals surface area contributed by atoms with Crippen molar-refractivity contribution in [3.8, 4) is 0 Å². The average molecular weight is 489 g/mol. The van der Waals surface area contributed by atoms with E-state index in [4.69, 9.17) is 4.74 Å². The van der Waals surface area contributed by atoms with E-state index in [1.807, 2.05) is 12.3 Å². The molecule has 3 aromatic rings. The van der Waals surface area contributed by atoms with E-state index in [1.54, 1.807) is 24.8 Å². The maximum atomic E-state index is 14.1. The minimum atomic E-state index is -0.180. The molecule has 1 unspecified atom stereocenters. The summed E-state index contributed by atoms with van der Waals surface area (Å²) >= 11 is 0. The van der Waals surface area contributed by atoms with E-state index < -0.39 is 0 Å². The second-order valence-corrected chi connectivity index (χ2v) is 10.1. The molecule has 7 nitrogen and oxygen atoms in total. The number of methoxy groups -OCH3 is 1. The molecule has 2 atom stereocenters. The van der Waals surface area contributed by atoms with Gasteiger partial charge in [-0.1, -0.05) is 24.3 Å². The Hall–Kier alpha value is -3.16. The Morgan fingerprint density at radius 3 is 2.78 bits per heavy atom. The number of pyridine rings is 1. The Morgan fingerprint density at radius 2 is 2.00 bits per heavy atom. The Morgan fingerprint density at radius 1 is 1.17 bits per heavy atom. The maximum Gasteiger partial charge on any atom is 0.250 e. The van der Waals surface area contributed by atoms with Crippen LogP contribution in [0, 0.1) is 5.92 Å². The monoisotopic (exact) mass is 488 g/mol. The van der Waals surface area contributed by atoms with Crippen LogP contribution in [0.5, 0.6) is 0 Å². The number of aromatic nitrogens is 1. The van der Waals surface area contributed by atoms with Crippen molar-refractivity contribution in [2.75, 3.05) is 38.7 Å². The molecule has 36 heavy (non-hydrogen) atoms. The quantitative estimate of drug-likeness (QED) is 0.451. The van der Waals surface area contributed by atoms with Gasteiger partial charge in [-0.2, -0.15) is 0 Å². The number of rotatable bonds is 9. The van der Waals surface area contributed by atoms with Crippen LogP contribution in [-0.4, -0.2) is 54.8 Å². The Kier molecular flexibility index (Phi) is 7.39. The van der Waals surface area contributed by atoms with Crippen LogP contribution in [0.25, 0.3) is 10.8 Å². The van der Waals surface area contributed by atoms with Gasteiger partial charge in [-0.3, -0.25) is 9.59 Å². The summed E-state index contributed by atoms with van der Waals surface area (Å²) in [6.07, 6.45) is 4.76. The summed E-state index contributed by atoms with van der Waals surface area (Å²) in [4.78, 5) is 28.6. The molecule has 1 aliphatic carbocycles. The molecule has 2 heterocycles. The predicted octanol–water partition coefficient (Wildman–Crippen LogP) is 3.48. The smallest absolute Gasteiger partial charge is 0.250 e. The van der Waals surface area contributed by atoms with Gasteiger partial charge in [0.15, 0.2) is 0 Å². The lowest BCUT2D eigenvalue weighted by atomic mass is 9.80. The second-order valence-electron chi connectivity index (χ2n) is 10.1. The van der Waals surface area contributed by atoms with Gasteiger partial charge in [-0.05, 0) is 71.8 Å². The number of piperidine rings is 1. The molecule has 2 aromatic carbocycles. The van der Waals surface area contributed by atoms with Gasteiger partial charge in [0.25, 0.3) is 5.56 Å². The van der Waals surface area contributed by atoms with Crippen molar-refractivity contribution in [2.24, 2.45) is 13.0 Å². The summed E-state index contributed by atoms with van der Waals surface area (Å²) in [5.74, 6) is 0.0608. The Labute approximate surface area is 212 Å². The summed E-state index contributed by atoms with van der Waals surface area (Å²) in [6, 6.07) is 16.7. The van der Waals surface area contributed by atoms with Crippen molar-refractivity contribution in [2.45, 2.75) is 37.8 Å². The molecule has 0 spiro atoms. The van der Waals surface area contributed by atoms with Crippen LogP contribution in [0.2, 0.25) is 0 Å². The zero-order valence-electron chi connectivity index (χ0n) is 21.2. The first-order valence-corrected chi connectivity index (χ1v) is 13.0. The van der Waals surface area contributed by atoms with Gasteiger partial charge >= 0.3 is 0 Å². The van der Waals surface area contributed by atoms with E-state index in [1.165, 1.54) is 5.39 Å². The number of aryl methyl sites for hydroxylation is 1. The predicted molar refractivity (Wildman–Crippen MR) is 143 cm³/mol. The molecular formula is C29H36N4O3. The van der Waals surface area contributed by atoms with Crippen molar-refractivity contribution in [1.29, 1.82) is 0 Å². The van der Waals surface area contributed by atoms with Crippen LogP contribution in [0.1, 0.15) is 36.3 Å². The van der Waals surface area contributed by atoms with E-state index in [-0.39, 0.29) is 29.3 Å². The van der Waals surface area contributed by atoms with Crippen LogP contribution < -0.4 is 16.2 Å². The fourth-order valence-electron chi connectivity index (χ4n) is 5.40. The molecule has 5 rings (SSSR count). The number of anilines is 1. The molecule has 2 fully saturated rings. The number of hydrogen-bond donors (Lipinski definition) is 2. The lowest BCUT2D eigenvalue weighted by molar-refractivity contribution is -0.138. The van der Waals surface area contributed by atoms with E-state index in [0.717, 1.165) is 54.6 Å². The third-order valence-corrected chi connectivity index (χ3v) is 7.55. The maximum absolute atomic E-state index is 14.1. The molecule has 190 valence electrons. The molecule has 1 saturated heterocycles. The topological polar surface area (TPSA) is 75.6 Å². The summed E-state index contributed by atoms with van der Waals surface area (Å²) in [5, 5.41) is 9.23. The highest BCUT2D eigenvalue weighted by atomic mass is 16.5. The zero-order valence-corrected chi connectivity index (χ0v) is 21.2. The minimum Gasteiger partial charge on any atom is -0.383 e. The summed E-state index contributed by atoms with van der Waals surface area (Å²) in [5.41, 5.74) is 3.15. The third-order valence-electron chi connectivity index (χ3n) is 7.55. The molecule has 1 aliphatic heterocycles. The molecule has 2 aliphatic rings. The number of carbonyl (C=O) groups excluding carboxylic acids is 1. The van der Waals surface area contributed by atoms with Crippen molar-refractivity contribution in [1.82, 2.24) is 14.8 Å². The number of ether oxygens (including phenoxy) is 1. The Bertz CT molecular complexity index is 1280. The van der Waals surface area contributed by atoms with Gasteiger partial charge in [0, 0.05) is 57.8 Å². The SMILES string of the molecule is COCCNc1cc(CN(C(=O)C2CNCC[C@@H]2c2ccn(C)c(=O)c2)C2CC2)c2ccccc2c1. The molecule has 2 N–H and O–H groups in total. The van der Waals surface area contributed by atoms with E-state index in [2.05, 4.69) is 51.9 Å². The lowest BCUT2D eigenvalue weighted by Crippen LogP contribution is -2.47.